The SMILES string of the molecule is CCC(C)N(CCOC)C[B-](F)(F)F. The zero-order chi connectivity index (χ0) is 11.2. The second kappa shape index (κ2) is 6.29. The second-order valence-corrected chi connectivity index (χ2v) is 3.46. The van der Waals surface area contributed by atoms with Crippen molar-refractivity contribution in [1.29, 1.82) is 0 Å². The lowest BCUT2D eigenvalue weighted by Crippen LogP contribution is -2.44. The molecule has 1 atom stereocenters. The average Bonchev–Trinajstić information content (AvgIpc) is 2.09. The van der Waals surface area contributed by atoms with Gasteiger partial charge in [0.2, 0.25) is 0 Å². The number of nitrogens with zero attached hydrogens (tertiary/aromatic N) is 1. The molecular formula is C8H18BF3NO-. The van der Waals surface area contributed by atoms with E-state index in [4.69, 9.17) is 4.74 Å². The molecule has 0 N–H and O–H groups in total. The summed E-state index contributed by atoms with van der Waals surface area (Å²) in [5.41, 5.74) is 0. The first kappa shape index (κ1) is 13.8. The van der Waals surface area contributed by atoms with Crippen LogP contribution in [0.25, 0.3) is 0 Å². The van der Waals surface area contributed by atoms with Crippen LogP contribution in [-0.4, -0.2) is 44.6 Å². The molecule has 0 aliphatic rings. The van der Waals surface area contributed by atoms with Gasteiger partial charge in [0.1, 0.15) is 0 Å². The third kappa shape index (κ3) is 6.26. The summed E-state index contributed by atoms with van der Waals surface area (Å²) in [6, 6.07) is -0.0475. The summed E-state index contributed by atoms with van der Waals surface area (Å²) in [4.78, 5) is 1.42. The van der Waals surface area contributed by atoms with Gasteiger partial charge in [-0.15, -0.1) is 0 Å². The molecule has 1 unspecified atom stereocenters. The van der Waals surface area contributed by atoms with Crippen LogP contribution >= 0.6 is 0 Å². The minimum atomic E-state index is -4.74. The second-order valence-electron chi connectivity index (χ2n) is 3.46. The van der Waals surface area contributed by atoms with Crippen molar-refractivity contribution in [2.24, 2.45) is 0 Å². The smallest absolute Gasteiger partial charge is 0.448 e. The zero-order valence-corrected chi connectivity index (χ0v) is 8.97. The third-order valence-corrected chi connectivity index (χ3v) is 2.24. The number of ether oxygens (including phenoxy) is 1. The van der Waals surface area contributed by atoms with Gasteiger partial charge < -0.3 is 22.6 Å². The van der Waals surface area contributed by atoms with E-state index in [-0.39, 0.29) is 6.04 Å². The van der Waals surface area contributed by atoms with E-state index in [2.05, 4.69) is 0 Å². The van der Waals surface area contributed by atoms with E-state index in [1.165, 1.54) is 12.0 Å². The highest BCUT2D eigenvalue weighted by Gasteiger charge is 2.27. The summed E-state index contributed by atoms with van der Waals surface area (Å²) >= 11 is 0. The molecule has 0 aromatic rings. The van der Waals surface area contributed by atoms with E-state index >= 15 is 0 Å². The van der Waals surface area contributed by atoms with Gasteiger partial charge in [-0.1, -0.05) is 6.92 Å². The molecule has 0 saturated carbocycles. The molecule has 0 aliphatic heterocycles. The van der Waals surface area contributed by atoms with Gasteiger partial charge in [0, 0.05) is 19.7 Å². The van der Waals surface area contributed by atoms with Crippen molar-refractivity contribution in [2.75, 3.05) is 26.7 Å². The molecule has 86 valence electrons. The number of rotatable bonds is 7. The monoisotopic (exact) mass is 212 g/mol. The summed E-state index contributed by atoms with van der Waals surface area (Å²) in [6.07, 6.45) is -0.0752. The van der Waals surface area contributed by atoms with E-state index in [1.807, 2.05) is 6.92 Å². The zero-order valence-electron chi connectivity index (χ0n) is 8.97. The molecule has 0 bridgehead atoms. The van der Waals surface area contributed by atoms with E-state index in [0.717, 1.165) is 6.42 Å². The first-order valence-electron chi connectivity index (χ1n) is 4.84. The van der Waals surface area contributed by atoms with E-state index < -0.39 is 13.4 Å². The quantitative estimate of drug-likeness (QED) is 0.599. The van der Waals surface area contributed by atoms with Crippen LogP contribution in [0.1, 0.15) is 20.3 Å². The van der Waals surface area contributed by atoms with Gasteiger partial charge in [-0.2, -0.15) is 0 Å². The predicted molar refractivity (Wildman–Crippen MR) is 52.3 cm³/mol. The maximum Gasteiger partial charge on any atom is 0.492 e. The fraction of sp³-hybridized carbons (Fsp3) is 1.00. The molecule has 0 amide bonds. The van der Waals surface area contributed by atoms with Crippen LogP contribution in [0, 0.1) is 0 Å². The topological polar surface area (TPSA) is 12.5 Å². The standard InChI is InChI=1S/C8H18BF3NO/c1-4-8(2)13(5-6-14-3)7-9(10,11)12/h8H,4-7H2,1-3H3/q-1. The van der Waals surface area contributed by atoms with Crippen LogP contribution < -0.4 is 0 Å². The van der Waals surface area contributed by atoms with Crippen LogP contribution in [0.5, 0.6) is 0 Å². The highest BCUT2D eigenvalue weighted by Crippen LogP contribution is 2.13. The molecule has 0 spiro atoms. The molecule has 0 aliphatic carbocycles. The van der Waals surface area contributed by atoms with Crippen LogP contribution in [0.15, 0.2) is 0 Å². The van der Waals surface area contributed by atoms with E-state index in [9.17, 15) is 12.9 Å². The highest BCUT2D eigenvalue weighted by atomic mass is 19.4. The molecule has 0 saturated heterocycles. The highest BCUT2D eigenvalue weighted by molar-refractivity contribution is 6.58. The van der Waals surface area contributed by atoms with Gasteiger partial charge in [-0.25, -0.2) is 0 Å². The Labute approximate surface area is 83.5 Å². The van der Waals surface area contributed by atoms with Crippen molar-refractivity contribution < 1.29 is 17.7 Å². The first-order valence-corrected chi connectivity index (χ1v) is 4.84. The Hall–Kier alpha value is -0.225. The normalized spacial score (nSPS) is 14.8. The summed E-state index contributed by atoms with van der Waals surface area (Å²) in [5, 5.41) is 0. The Balaban J connectivity index is 4.10. The van der Waals surface area contributed by atoms with Crippen LogP contribution in [0.4, 0.5) is 12.9 Å². The molecule has 6 heteroatoms. The van der Waals surface area contributed by atoms with Crippen molar-refractivity contribution in [3.63, 3.8) is 0 Å². The molecular weight excluding hydrogens is 194 g/mol. The van der Waals surface area contributed by atoms with Gasteiger partial charge in [0.05, 0.1) is 6.61 Å². The maximum atomic E-state index is 12.2. The Morgan fingerprint density at radius 1 is 1.36 bits per heavy atom. The lowest BCUT2D eigenvalue weighted by atomic mass is 9.90. The van der Waals surface area contributed by atoms with E-state index in [0.29, 0.717) is 13.2 Å². The molecule has 0 fully saturated rings. The molecule has 0 rings (SSSR count). The number of methoxy groups -OCH3 is 1. The summed E-state index contributed by atoms with van der Waals surface area (Å²) in [7, 11) is 1.49. The number of hydrogen-bond donors (Lipinski definition) is 0. The van der Waals surface area contributed by atoms with Gasteiger partial charge in [0.25, 0.3) is 0 Å². The summed E-state index contributed by atoms with van der Waals surface area (Å²) in [6.45, 7) is -0.366. The molecule has 0 aromatic carbocycles. The molecule has 0 aromatic heterocycles. The Bertz CT molecular complexity index is 154. The Morgan fingerprint density at radius 2 is 1.93 bits per heavy atom. The van der Waals surface area contributed by atoms with Crippen molar-refractivity contribution >= 4 is 6.98 Å². The Kier molecular flexibility index (Phi) is 6.19. The number of hydrogen-bond acceptors (Lipinski definition) is 2. The fourth-order valence-electron chi connectivity index (χ4n) is 1.22. The maximum absolute atomic E-state index is 12.2. The van der Waals surface area contributed by atoms with Crippen molar-refractivity contribution in [3.05, 3.63) is 0 Å². The largest absolute Gasteiger partial charge is 0.492 e. The predicted octanol–water partition coefficient (Wildman–Crippen LogP) is 2.12. The van der Waals surface area contributed by atoms with Gasteiger partial charge >= 0.3 is 6.98 Å². The minimum Gasteiger partial charge on any atom is -0.448 e. The Morgan fingerprint density at radius 3 is 2.29 bits per heavy atom. The van der Waals surface area contributed by atoms with Crippen LogP contribution in [-0.2, 0) is 4.74 Å². The first-order chi connectivity index (χ1) is 6.40. The van der Waals surface area contributed by atoms with Crippen LogP contribution in [0.3, 0.4) is 0 Å². The lowest BCUT2D eigenvalue weighted by Gasteiger charge is -2.32. The van der Waals surface area contributed by atoms with Gasteiger partial charge in [-0.05, 0) is 19.8 Å². The van der Waals surface area contributed by atoms with Gasteiger partial charge in [0.15, 0.2) is 0 Å². The fourth-order valence-corrected chi connectivity index (χ4v) is 1.22. The van der Waals surface area contributed by atoms with Crippen molar-refractivity contribution in [2.45, 2.75) is 26.3 Å². The lowest BCUT2D eigenvalue weighted by molar-refractivity contribution is 0.129. The third-order valence-electron chi connectivity index (χ3n) is 2.24. The molecule has 0 radical (unpaired) electrons. The van der Waals surface area contributed by atoms with Crippen LogP contribution in [0.2, 0.25) is 0 Å². The van der Waals surface area contributed by atoms with Crippen molar-refractivity contribution in [3.8, 4) is 0 Å². The molecule has 14 heavy (non-hydrogen) atoms. The van der Waals surface area contributed by atoms with Crippen molar-refractivity contribution in [1.82, 2.24) is 4.90 Å². The summed E-state index contributed by atoms with van der Waals surface area (Å²) < 4.78 is 41.4. The van der Waals surface area contributed by atoms with E-state index in [1.54, 1.807) is 6.92 Å². The molecule has 2 nitrogen and oxygen atoms in total. The minimum absolute atomic E-state index is 0.0475. The summed E-state index contributed by atoms with van der Waals surface area (Å²) in [5.74, 6) is 0. The average molecular weight is 212 g/mol. The molecule has 0 heterocycles. The van der Waals surface area contributed by atoms with Gasteiger partial charge in [-0.3, -0.25) is 0 Å². The number of halogens is 3.